The van der Waals surface area contributed by atoms with Crippen molar-refractivity contribution in [3.05, 3.63) is 57.5 Å². The average molecular weight is 315 g/mol. The van der Waals surface area contributed by atoms with Crippen molar-refractivity contribution < 1.29 is 4.39 Å². The highest BCUT2D eigenvalue weighted by Gasteiger charge is 2.18. The van der Waals surface area contributed by atoms with Crippen molar-refractivity contribution in [3.8, 4) is 6.07 Å². The molecule has 22 heavy (non-hydrogen) atoms. The van der Waals surface area contributed by atoms with Crippen molar-refractivity contribution in [3.63, 3.8) is 0 Å². The molecule has 2 heterocycles. The first-order valence-electron chi connectivity index (χ1n) is 7.39. The second-order valence-electron chi connectivity index (χ2n) is 5.60. The third-order valence-electron chi connectivity index (χ3n) is 4.03. The number of benzene rings is 1. The first-order chi connectivity index (χ1) is 10.7. The lowest BCUT2D eigenvalue weighted by molar-refractivity contribution is 0.121. The van der Waals surface area contributed by atoms with Gasteiger partial charge in [-0.25, -0.2) is 4.39 Å². The van der Waals surface area contributed by atoms with Crippen LogP contribution in [0.2, 0.25) is 0 Å². The Balaban J connectivity index is 1.52. The Morgan fingerprint density at radius 2 is 1.82 bits per heavy atom. The normalized spacial score (nSPS) is 16.5. The smallest absolute Gasteiger partial charge is 0.129 e. The minimum absolute atomic E-state index is 0.278. The van der Waals surface area contributed by atoms with E-state index < -0.39 is 0 Å². The molecule has 0 radical (unpaired) electrons. The number of thiophene rings is 1. The summed E-state index contributed by atoms with van der Waals surface area (Å²) in [4.78, 5) is 4.71. The Morgan fingerprint density at radius 1 is 1.09 bits per heavy atom. The van der Waals surface area contributed by atoms with Crippen molar-refractivity contribution in [1.82, 2.24) is 9.80 Å². The van der Waals surface area contributed by atoms with Crippen LogP contribution in [0.3, 0.4) is 0 Å². The lowest BCUT2D eigenvalue weighted by Crippen LogP contribution is -2.45. The van der Waals surface area contributed by atoms with Crippen LogP contribution in [0.4, 0.5) is 4.39 Å². The van der Waals surface area contributed by atoms with Crippen LogP contribution in [-0.2, 0) is 13.1 Å². The van der Waals surface area contributed by atoms with E-state index >= 15 is 0 Å². The molecule has 114 valence electrons. The highest BCUT2D eigenvalue weighted by Crippen LogP contribution is 2.16. The minimum atomic E-state index is -0.278. The molecule has 0 amide bonds. The van der Waals surface area contributed by atoms with Gasteiger partial charge in [0.2, 0.25) is 0 Å². The fraction of sp³-hybridized carbons (Fsp3) is 0.353. The fourth-order valence-electron chi connectivity index (χ4n) is 2.73. The summed E-state index contributed by atoms with van der Waals surface area (Å²) in [7, 11) is 0. The molecule has 0 spiro atoms. The van der Waals surface area contributed by atoms with Crippen LogP contribution in [-0.4, -0.2) is 36.0 Å². The van der Waals surface area contributed by atoms with Gasteiger partial charge in [0.1, 0.15) is 5.82 Å². The van der Waals surface area contributed by atoms with Gasteiger partial charge in [-0.05, 0) is 34.5 Å². The maximum absolute atomic E-state index is 13.9. The molecule has 1 aliphatic heterocycles. The van der Waals surface area contributed by atoms with Crippen LogP contribution in [0, 0.1) is 17.1 Å². The van der Waals surface area contributed by atoms with Gasteiger partial charge < -0.3 is 0 Å². The number of rotatable bonds is 4. The Labute approximate surface area is 134 Å². The standard InChI is InChI=1S/C17H18FN3S/c18-17-9-14(10-19)1-2-16(17)12-21-6-4-20(5-7-21)11-15-3-8-22-13-15/h1-3,8-9,13H,4-7,11-12H2. The van der Waals surface area contributed by atoms with E-state index in [9.17, 15) is 4.39 Å². The molecule has 3 nitrogen and oxygen atoms in total. The number of nitrogens with zero attached hydrogens (tertiary/aromatic N) is 3. The largest absolute Gasteiger partial charge is 0.297 e. The van der Waals surface area contributed by atoms with E-state index in [0.29, 0.717) is 17.7 Å². The molecule has 0 atom stereocenters. The highest BCUT2D eigenvalue weighted by atomic mass is 32.1. The van der Waals surface area contributed by atoms with E-state index in [0.717, 1.165) is 32.7 Å². The van der Waals surface area contributed by atoms with Crippen molar-refractivity contribution in [1.29, 1.82) is 5.26 Å². The summed E-state index contributed by atoms with van der Waals surface area (Å²) in [6.07, 6.45) is 0. The van der Waals surface area contributed by atoms with Crippen LogP contribution in [0.25, 0.3) is 0 Å². The summed E-state index contributed by atoms with van der Waals surface area (Å²) < 4.78 is 13.9. The lowest BCUT2D eigenvalue weighted by atomic mass is 10.1. The van der Waals surface area contributed by atoms with Gasteiger partial charge in [0.25, 0.3) is 0 Å². The summed E-state index contributed by atoms with van der Waals surface area (Å²) in [6, 6.07) is 8.87. The Kier molecular flexibility index (Phi) is 4.84. The molecule has 3 rings (SSSR count). The monoisotopic (exact) mass is 315 g/mol. The van der Waals surface area contributed by atoms with E-state index in [2.05, 4.69) is 26.6 Å². The Bertz CT molecular complexity index is 655. The molecule has 2 aromatic rings. The molecular formula is C17H18FN3S. The molecule has 0 unspecified atom stereocenters. The first-order valence-corrected chi connectivity index (χ1v) is 8.33. The number of hydrogen-bond donors (Lipinski definition) is 0. The van der Waals surface area contributed by atoms with Gasteiger partial charge in [0.15, 0.2) is 0 Å². The minimum Gasteiger partial charge on any atom is -0.297 e. The second-order valence-corrected chi connectivity index (χ2v) is 6.38. The summed E-state index contributed by atoms with van der Waals surface area (Å²) in [5, 5.41) is 13.1. The topological polar surface area (TPSA) is 30.3 Å². The molecule has 0 saturated carbocycles. The van der Waals surface area contributed by atoms with E-state index in [1.165, 1.54) is 11.6 Å². The van der Waals surface area contributed by atoms with Gasteiger partial charge in [0.05, 0.1) is 11.6 Å². The molecule has 0 N–H and O–H groups in total. The molecule has 0 bridgehead atoms. The zero-order chi connectivity index (χ0) is 15.4. The maximum Gasteiger partial charge on any atom is 0.129 e. The average Bonchev–Trinajstić information content (AvgIpc) is 3.04. The molecule has 1 saturated heterocycles. The number of nitriles is 1. The third kappa shape index (κ3) is 3.72. The first kappa shape index (κ1) is 15.2. The molecule has 1 aromatic heterocycles. The number of halogens is 1. The van der Waals surface area contributed by atoms with E-state index in [1.54, 1.807) is 23.5 Å². The molecular weight excluding hydrogens is 297 g/mol. The summed E-state index contributed by atoms with van der Waals surface area (Å²) >= 11 is 1.73. The quantitative estimate of drug-likeness (QED) is 0.868. The van der Waals surface area contributed by atoms with Gasteiger partial charge in [-0.2, -0.15) is 16.6 Å². The third-order valence-corrected chi connectivity index (χ3v) is 4.76. The molecule has 1 aliphatic rings. The Morgan fingerprint density at radius 3 is 2.41 bits per heavy atom. The van der Waals surface area contributed by atoms with Crippen molar-refractivity contribution in [2.75, 3.05) is 26.2 Å². The maximum atomic E-state index is 13.9. The second kappa shape index (κ2) is 7.01. The van der Waals surface area contributed by atoms with Crippen LogP contribution in [0.1, 0.15) is 16.7 Å². The van der Waals surface area contributed by atoms with Crippen molar-refractivity contribution in [2.24, 2.45) is 0 Å². The van der Waals surface area contributed by atoms with E-state index in [1.807, 2.05) is 6.07 Å². The molecule has 1 aromatic carbocycles. The molecule has 0 aliphatic carbocycles. The van der Waals surface area contributed by atoms with Gasteiger partial charge in [0, 0.05) is 44.8 Å². The van der Waals surface area contributed by atoms with Gasteiger partial charge in [-0.1, -0.05) is 6.07 Å². The summed E-state index contributed by atoms with van der Waals surface area (Å²) in [5.74, 6) is -0.278. The zero-order valence-corrected chi connectivity index (χ0v) is 13.2. The van der Waals surface area contributed by atoms with Crippen LogP contribution in [0.15, 0.2) is 35.0 Å². The Hall–Kier alpha value is -1.74. The van der Waals surface area contributed by atoms with Gasteiger partial charge in [-0.3, -0.25) is 9.80 Å². The molecule has 1 fully saturated rings. The predicted octanol–water partition coefficient (Wildman–Crippen LogP) is 3.08. The SMILES string of the molecule is N#Cc1ccc(CN2CCN(Cc3ccsc3)CC2)c(F)c1. The van der Waals surface area contributed by atoms with Crippen LogP contribution < -0.4 is 0 Å². The van der Waals surface area contributed by atoms with Crippen LogP contribution >= 0.6 is 11.3 Å². The van der Waals surface area contributed by atoms with E-state index in [-0.39, 0.29) is 5.82 Å². The molecule has 5 heteroatoms. The predicted molar refractivity (Wildman–Crippen MR) is 86.0 cm³/mol. The van der Waals surface area contributed by atoms with Crippen LogP contribution in [0.5, 0.6) is 0 Å². The summed E-state index contributed by atoms with van der Waals surface area (Å²) in [5.41, 5.74) is 2.42. The number of piperazine rings is 1. The fourth-order valence-corrected chi connectivity index (χ4v) is 3.39. The van der Waals surface area contributed by atoms with E-state index in [4.69, 9.17) is 5.26 Å². The number of hydrogen-bond acceptors (Lipinski definition) is 4. The van der Waals surface area contributed by atoms with Crippen molar-refractivity contribution >= 4 is 11.3 Å². The summed E-state index contributed by atoms with van der Waals surface area (Å²) in [6.45, 7) is 5.53. The van der Waals surface area contributed by atoms with Crippen molar-refractivity contribution in [2.45, 2.75) is 13.1 Å². The highest BCUT2D eigenvalue weighted by molar-refractivity contribution is 7.07. The zero-order valence-electron chi connectivity index (χ0n) is 12.3. The van der Waals surface area contributed by atoms with Gasteiger partial charge in [-0.15, -0.1) is 0 Å². The van der Waals surface area contributed by atoms with Gasteiger partial charge >= 0.3 is 0 Å². The lowest BCUT2D eigenvalue weighted by Gasteiger charge is -2.34.